The van der Waals surface area contributed by atoms with E-state index in [1.165, 1.54) is 32.0 Å². The van der Waals surface area contributed by atoms with E-state index in [1.807, 2.05) is 0 Å². The summed E-state index contributed by atoms with van der Waals surface area (Å²) in [6.45, 7) is 2.28. The average molecular weight is 376 g/mol. The summed E-state index contributed by atoms with van der Waals surface area (Å²) >= 11 is 0. The Morgan fingerprint density at radius 3 is 2.52 bits per heavy atom. The van der Waals surface area contributed by atoms with Gasteiger partial charge in [-0.1, -0.05) is 12.1 Å². The molecule has 0 saturated carbocycles. The van der Waals surface area contributed by atoms with Crippen molar-refractivity contribution >= 4 is 23.5 Å². The van der Waals surface area contributed by atoms with Gasteiger partial charge >= 0.3 is 5.97 Å². The number of halogens is 2. The number of carbonyl (C=O) groups is 3. The van der Waals surface area contributed by atoms with Crippen LogP contribution >= 0.6 is 0 Å². The van der Waals surface area contributed by atoms with Crippen LogP contribution in [0.4, 0.5) is 14.5 Å². The molecule has 1 atom stereocenters. The molecule has 2 amide bonds. The Hall–Kier alpha value is -3.29. The number of esters is 1. The molecule has 142 valence electrons. The van der Waals surface area contributed by atoms with Crippen LogP contribution in [0.2, 0.25) is 0 Å². The number of hydrogen-bond acceptors (Lipinski definition) is 4. The fraction of sp³-hybridized carbons (Fsp3) is 0.211. The Balaban J connectivity index is 1.91. The summed E-state index contributed by atoms with van der Waals surface area (Å²) in [5, 5.41) is 5.00. The smallest absolute Gasteiger partial charge is 0.338 e. The van der Waals surface area contributed by atoms with Crippen molar-refractivity contribution in [2.45, 2.75) is 19.9 Å². The highest BCUT2D eigenvalue weighted by Crippen LogP contribution is 2.17. The van der Waals surface area contributed by atoms with Crippen molar-refractivity contribution in [2.75, 3.05) is 11.9 Å². The number of rotatable bonds is 6. The predicted molar refractivity (Wildman–Crippen MR) is 93.9 cm³/mol. The Labute approximate surface area is 154 Å². The zero-order valence-corrected chi connectivity index (χ0v) is 14.7. The molecule has 0 aliphatic rings. The highest BCUT2D eigenvalue weighted by atomic mass is 19.1. The van der Waals surface area contributed by atoms with Crippen molar-refractivity contribution in [2.24, 2.45) is 0 Å². The van der Waals surface area contributed by atoms with Crippen molar-refractivity contribution in [3.63, 3.8) is 0 Å². The predicted octanol–water partition coefficient (Wildman–Crippen LogP) is 2.96. The van der Waals surface area contributed by atoms with Gasteiger partial charge in [0, 0.05) is 24.2 Å². The minimum Gasteiger partial charge on any atom is -0.452 e. The minimum absolute atomic E-state index is 0.110. The lowest BCUT2D eigenvalue weighted by molar-refractivity contribution is -0.124. The number of anilines is 1. The van der Waals surface area contributed by atoms with E-state index in [1.54, 1.807) is 12.1 Å². The first-order valence-corrected chi connectivity index (χ1v) is 8.05. The van der Waals surface area contributed by atoms with E-state index >= 15 is 0 Å². The molecule has 0 unspecified atom stereocenters. The molecule has 2 N–H and O–H groups in total. The lowest BCUT2D eigenvalue weighted by atomic mass is 10.1. The maximum atomic E-state index is 13.7. The third-order valence-corrected chi connectivity index (χ3v) is 3.56. The lowest BCUT2D eigenvalue weighted by Crippen LogP contribution is -2.31. The molecule has 0 aliphatic carbocycles. The first kappa shape index (κ1) is 20.0. The van der Waals surface area contributed by atoms with Crippen LogP contribution in [0.1, 0.15) is 35.8 Å². The van der Waals surface area contributed by atoms with Gasteiger partial charge in [-0.05, 0) is 31.2 Å². The standard InChI is InChI=1S/C19H18F2N2O4/c1-11(16-7-6-14(20)9-17(16)21)22-18(25)10-27-19(26)13-4-3-5-15(8-13)23-12(2)24/h3-9,11H,10H2,1-2H3,(H,22,25)(H,23,24)/t11-/m1/s1. The Bertz CT molecular complexity index is 871. The molecule has 6 nitrogen and oxygen atoms in total. The molecular weight excluding hydrogens is 358 g/mol. The molecule has 0 spiro atoms. The zero-order valence-electron chi connectivity index (χ0n) is 14.7. The van der Waals surface area contributed by atoms with E-state index in [4.69, 9.17) is 4.74 Å². The summed E-state index contributed by atoms with van der Waals surface area (Å²) in [7, 11) is 0. The third kappa shape index (κ3) is 5.88. The maximum absolute atomic E-state index is 13.7. The van der Waals surface area contributed by atoms with Crippen molar-refractivity contribution in [3.05, 3.63) is 65.2 Å². The highest BCUT2D eigenvalue weighted by Gasteiger charge is 2.16. The molecule has 0 aromatic heterocycles. The van der Waals surface area contributed by atoms with E-state index < -0.39 is 36.2 Å². The van der Waals surface area contributed by atoms with Crippen molar-refractivity contribution in [1.82, 2.24) is 5.32 Å². The Morgan fingerprint density at radius 1 is 1.11 bits per heavy atom. The molecule has 0 fully saturated rings. The molecule has 0 bridgehead atoms. The highest BCUT2D eigenvalue weighted by molar-refractivity contribution is 5.94. The van der Waals surface area contributed by atoms with Crippen LogP contribution < -0.4 is 10.6 Å². The topological polar surface area (TPSA) is 84.5 Å². The fourth-order valence-electron chi connectivity index (χ4n) is 2.36. The van der Waals surface area contributed by atoms with Crippen LogP contribution in [0.25, 0.3) is 0 Å². The monoisotopic (exact) mass is 376 g/mol. The van der Waals surface area contributed by atoms with Crippen LogP contribution in [0, 0.1) is 11.6 Å². The van der Waals surface area contributed by atoms with Crippen LogP contribution in [0.15, 0.2) is 42.5 Å². The van der Waals surface area contributed by atoms with Gasteiger partial charge in [0.1, 0.15) is 11.6 Å². The summed E-state index contributed by atoms with van der Waals surface area (Å²) in [5.74, 6) is -3.18. The van der Waals surface area contributed by atoms with E-state index in [9.17, 15) is 23.2 Å². The SMILES string of the molecule is CC(=O)Nc1cccc(C(=O)OCC(=O)N[C@H](C)c2ccc(F)cc2F)c1. The normalized spacial score (nSPS) is 11.4. The number of benzene rings is 2. The minimum atomic E-state index is -0.783. The van der Waals surface area contributed by atoms with Crippen LogP contribution in [0.5, 0.6) is 0 Å². The molecule has 2 rings (SSSR count). The van der Waals surface area contributed by atoms with Gasteiger partial charge in [0.05, 0.1) is 11.6 Å². The summed E-state index contributed by atoms with van der Waals surface area (Å²) in [5.41, 5.74) is 0.688. The molecule has 0 radical (unpaired) electrons. The van der Waals surface area contributed by atoms with Crippen LogP contribution in [-0.2, 0) is 14.3 Å². The molecule has 8 heteroatoms. The van der Waals surface area contributed by atoms with Gasteiger partial charge in [-0.2, -0.15) is 0 Å². The lowest BCUT2D eigenvalue weighted by Gasteiger charge is -2.15. The second-order valence-corrected chi connectivity index (χ2v) is 5.79. The molecule has 2 aromatic carbocycles. The second-order valence-electron chi connectivity index (χ2n) is 5.79. The van der Waals surface area contributed by atoms with Crippen molar-refractivity contribution < 1.29 is 27.9 Å². The maximum Gasteiger partial charge on any atom is 0.338 e. The summed E-state index contributed by atoms with van der Waals surface area (Å²) in [4.78, 5) is 35.0. The fourth-order valence-corrected chi connectivity index (χ4v) is 2.36. The molecule has 0 saturated heterocycles. The van der Waals surface area contributed by atoms with Gasteiger partial charge in [-0.3, -0.25) is 9.59 Å². The number of hydrogen-bond donors (Lipinski definition) is 2. The molecule has 2 aromatic rings. The second kappa shape index (κ2) is 8.88. The van der Waals surface area contributed by atoms with Gasteiger partial charge in [0.25, 0.3) is 5.91 Å². The quantitative estimate of drug-likeness (QED) is 0.759. The largest absolute Gasteiger partial charge is 0.452 e. The first-order valence-electron chi connectivity index (χ1n) is 8.05. The van der Waals surface area contributed by atoms with Crippen molar-refractivity contribution in [1.29, 1.82) is 0 Å². The summed E-state index contributed by atoms with van der Waals surface area (Å²) in [6.07, 6.45) is 0. The van der Waals surface area contributed by atoms with Crippen LogP contribution in [-0.4, -0.2) is 24.4 Å². The number of carbonyl (C=O) groups excluding carboxylic acids is 3. The molecule has 0 heterocycles. The summed E-state index contributed by atoms with van der Waals surface area (Å²) in [6, 6.07) is 8.35. The number of amides is 2. The first-order chi connectivity index (χ1) is 12.8. The van der Waals surface area contributed by atoms with E-state index in [-0.39, 0.29) is 17.0 Å². The zero-order chi connectivity index (χ0) is 20.0. The van der Waals surface area contributed by atoms with E-state index in [0.717, 1.165) is 12.1 Å². The van der Waals surface area contributed by atoms with Crippen molar-refractivity contribution in [3.8, 4) is 0 Å². The number of ether oxygens (including phenoxy) is 1. The summed E-state index contributed by atoms with van der Waals surface area (Å²) < 4.78 is 31.6. The molecule has 0 aliphatic heterocycles. The van der Waals surface area contributed by atoms with Crippen LogP contribution in [0.3, 0.4) is 0 Å². The Morgan fingerprint density at radius 2 is 1.85 bits per heavy atom. The third-order valence-electron chi connectivity index (χ3n) is 3.56. The number of nitrogens with one attached hydrogen (secondary N) is 2. The molecular formula is C19H18F2N2O4. The Kier molecular flexibility index (Phi) is 6.59. The van der Waals surface area contributed by atoms with Gasteiger partial charge in [0.15, 0.2) is 6.61 Å². The van der Waals surface area contributed by atoms with Gasteiger partial charge < -0.3 is 15.4 Å². The van der Waals surface area contributed by atoms with Gasteiger partial charge in [-0.25, -0.2) is 13.6 Å². The van der Waals surface area contributed by atoms with Gasteiger partial charge in [-0.15, -0.1) is 0 Å². The van der Waals surface area contributed by atoms with E-state index in [2.05, 4.69) is 10.6 Å². The average Bonchev–Trinajstić information content (AvgIpc) is 2.59. The van der Waals surface area contributed by atoms with E-state index in [0.29, 0.717) is 5.69 Å². The molecule has 27 heavy (non-hydrogen) atoms. The van der Waals surface area contributed by atoms with Gasteiger partial charge in [0.2, 0.25) is 5.91 Å².